The van der Waals surface area contributed by atoms with E-state index in [4.69, 9.17) is 4.74 Å². The second-order valence-electron chi connectivity index (χ2n) is 4.37. The second kappa shape index (κ2) is 5.69. The van der Waals surface area contributed by atoms with Crippen molar-refractivity contribution in [2.45, 2.75) is 45.9 Å². The molecule has 3 unspecified atom stereocenters. The molecular weight excluding hydrogens is 176 g/mol. The maximum Gasteiger partial charge on any atom is 0.0678 e. The van der Waals surface area contributed by atoms with Crippen LogP contribution >= 0.6 is 0 Å². The van der Waals surface area contributed by atoms with Gasteiger partial charge in [0.2, 0.25) is 0 Å². The summed E-state index contributed by atoms with van der Waals surface area (Å²) in [6, 6.07) is 0.615. The standard InChI is InChI=1S/C11H24N2O/c1-5-12-6-9(2)13-7-10(3)14-11(4)8-13/h9-12H,5-8H2,1-4H3. The summed E-state index contributed by atoms with van der Waals surface area (Å²) in [7, 11) is 0. The van der Waals surface area contributed by atoms with Gasteiger partial charge < -0.3 is 10.1 Å². The summed E-state index contributed by atoms with van der Waals surface area (Å²) in [6.45, 7) is 13.0. The van der Waals surface area contributed by atoms with Crippen LogP contribution in [-0.2, 0) is 4.74 Å². The van der Waals surface area contributed by atoms with Crippen molar-refractivity contribution in [1.29, 1.82) is 0 Å². The van der Waals surface area contributed by atoms with Crippen LogP contribution in [0.25, 0.3) is 0 Å². The minimum Gasteiger partial charge on any atom is -0.373 e. The molecule has 84 valence electrons. The lowest BCUT2D eigenvalue weighted by atomic mass is 10.2. The second-order valence-corrected chi connectivity index (χ2v) is 4.37. The van der Waals surface area contributed by atoms with Gasteiger partial charge in [-0.05, 0) is 27.3 Å². The molecule has 0 bridgehead atoms. The summed E-state index contributed by atoms with van der Waals surface area (Å²) < 4.78 is 5.71. The van der Waals surface area contributed by atoms with Crippen LogP contribution in [0.2, 0.25) is 0 Å². The topological polar surface area (TPSA) is 24.5 Å². The molecule has 3 nitrogen and oxygen atoms in total. The number of nitrogens with one attached hydrogen (secondary N) is 1. The van der Waals surface area contributed by atoms with Crippen LogP contribution in [0.15, 0.2) is 0 Å². The average molecular weight is 200 g/mol. The zero-order valence-corrected chi connectivity index (χ0v) is 9.92. The van der Waals surface area contributed by atoms with E-state index in [-0.39, 0.29) is 0 Å². The van der Waals surface area contributed by atoms with Crippen LogP contribution < -0.4 is 5.32 Å². The number of likely N-dealkylation sites (N-methyl/N-ethyl adjacent to an activating group) is 1. The van der Waals surface area contributed by atoms with Gasteiger partial charge in [-0.1, -0.05) is 6.92 Å². The van der Waals surface area contributed by atoms with Gasteiger partial charge in [0.25, 0.3) is 0 Å². The molecule has 3 heteroatoms. The summed E-state index contributed by atoms with van der Waals surface area (Å²) in [5, 5.41) is 3.39. The third-order valence-corrected chi connectivity index (χ3v) is 2.76. The fourth-order valence-electron chi connectivity index (χ4n) is 2.06. The Morgan fingerprint density at radius 2 is 1.93 bits per heavy atom. The SMILES string of the molecule is CCNCC(C)N1CC(C)OC(C)C1. The zero-order valence-electron chi connectivity index (χ0n) is 9.92. The van der Waals surface area contributed by atoms with Crippen LogP contribution in [0.5, 0.6) is 0 Å². The van der Waals surface area contributed by atoms with E-state index < -0.39 is 0 Å². The molecule has 0 aromatic rings. The lowest BCUT2D eigenvalue weighted by molar-refractivity contribution is -0.0780. The summed E-state index contributed by atoms with van der Waals surface area (Å²) in [6.07, 6.45) is 0.755. The molecule has 0 aliphatic carbocycles. The summed E-state index contributed by atoms with van der Waals surface area (Å²) in [5.41, 5.74) is 0. The minimum atomic E-state index is 0.378. The molecule has 3 atom stereocenters. The highest BCUT2D eigenvalue weighted by atomic mass is 16.5. The smallest absolute Gasteiger partial charge is 0.0678 e. The van der Waals surface area contributed by atoms with Crippen molar-refractivity contribution in [2.24, 2.45) is 0 Å². The third-order valence-electron chi connectivity index (χ3n) is 2.76. The van der Waals surface area contributed by atoms with Gasteiger partial charge in [0.05, 0.1) is 12.2 Å². The van der Waals surface area contributed by atoms with Gasteiger partial charge in [-0.3, -0.25) is 4.90 Å². The highest BCUT2D eigenvalue weighted by molar-refractivity contribution is 4.78. The van der Waals surface area contributed by atoms with Gasteiger partial charge >= 0.3 is 0 Å². The first-order chi connectivity index (χ1) is 6.63. The van der Waals surface area contributed by atoms with Gasteiger partial charge in [0.15, 0.2) is 0 Å². The van der Waals surface area contributed by atoms with Crippen LogP contribution in [0, 0.1) is 0 Å². The molecule has 0 radical (unpaired) electrons. The molecule has 14 heavy (non-hydrogen) atoms. The maximum absolute atomic E-state index is 5.71. The fourth-order valence-corrected chi connectivity index (χ4v) is 2.06. The molecule has 0 amide bonds. The Hall–Kier alpha value is -0.120. The molecular formula is C11H24N2O. The van der Waals surface area contributed by atoms with E-state index >= 15 is 0 Å². The van der Waals surface area contributed by atoms with E-state index in [0.717, 1.165) is 26.2 Å². The van der Waals surface area contributed by atoms with Gasteiger partial charge in [0.1, 0.15) is 0 Å². The molecule has 0 aromatic carbocycles. The number of nitrogens with zero attached hydrogens (tertiary/aromatic N) is 1. The Morgan fingerprint density at radius 3 is 2.43 bits per heavy atom. The van der Waals surface area contributed by atoms with Crippen molar-refractivity contribution in [1.82, 2.24) is 10.2 Å². The maximum atomic E-state index is 5.71. The highest BCUT2D eigenvalue weighted by Crippen LogP contribution is 2.12. The first kappa shape index (κ1) is 12.0. The Labute approximate surface area is 87.8 Å². The lowest BCUT2D eigenvalue weighted by Crippen LogP contribution is -2.51. The molecule has 0 aromatic heterocycles. The predicted molar refractivity (Wildman–Crippen MR) is 59.6 cm³/mol. The quantitative estimate of drug-likeness (QED) is 0.735. The van der Waals surface area contributed by atoms with E-state index in [0.29, 0.717) is 18.2 Å². The van der Waals surface area contributed by atoms with Crippen LogP contribution in [-0.4, -0.2) is 49.3 Å². The van der Waals surface area contributed by atoms with Gasteiger partial charge in [-0.15, -0.1) is 0 Å². The number of ether oxygens (including phenoxy) is 1. The van der Waals surface area contributed by atoms with E-state index in [9.17, 15) is 0 Å². The molecule has 0 saturated carbocycles. The molecule has 1 heterocycles. The van der Waals surface area contributed by atoms with E-state index in [1.807, 2.05) is 0 Å². The zero-order chi connectivity index (χ0) is 10.6. The Balaban J connectivity index is 2.34. The van der Waals surface area contributed by atoms with E-state index in [1.54, 1.807) is 0 Å². The van der Waals surface area contributed by atoms with Crippen LogP contribution in [0.3, 0.4) is 0 Å². The summed E-state index contributed by atoms with van der Waals surface area (Å²) in [4.78, 5) is 2.52. The first-order valence-electron chi connectivity index (χ1n) is 5.73. The van der Waals surface area contributed by atoms with Crippen molar-refractivity contribution in [3.63, 3.8) is 0 Å². The minimum absolute atomic E-state index is 0.378. The molecule has 1 aliphatic heterocycles. The number of hydrogen-bond donors (Lipinski definition) is 1. The molecule has 1 fully saturated rings. The van der Waals surface area contributed by atoms with Gasteiger partial charge in [-0.25, -0.2) is 0 Å². The summed E-state index contributed by atoms with van der Waals surface area (Å²) in [5.74, 6) is 0. The van der Waals surface area contributed by atoms with Crippen LogP contribution in [0.1, 0.15) is 27.7 Å². The monoisotopic (exact) mass is 200 g/mol. The van der Waals surface area contributed by atoms with E-state index in [1.165, 1.54) is 0 Å². The average Bonchev–Trinajstić information content (AvgIpc) is 2.12. The Bertz CT molecular complexity index is 153. The molecule has 1 rings (SSSR count). The number of hydrogen-bond acceptors (Lipinski definition) is 3. The molecule has 1 N–H and O–H groups in total. The van der Waals surface area contributed by atoms with E-state index in [2.05, 4.69) is 37.9 Å². The summed E-state index contributed by atoms with van der Waals surface area (Å²) >= 11 is 0. The molecule has 1 aliphatic rings. The third kappa shape index (κ3) is 3.56. The normalized spacial score (nSPS) is 31.7. The number of rotatable bonds is 4. The van der Waals surface area contributed by atoms with Crippen molar-refractivity contribution in [2.75, 3.05) is 26.2 Å². The number of morpholine rings is 1. The first-order valence-corrected chi connectivity index (χ1v) is 5.73. The van der Waals surface area contributed by atoms with Crippen molar-refractivity contribution >= 4 is 0 Å². The molecule has 0 spiro atoms. The molecule has 1 saturated heterocycles. The van der Waals surface area contributed by atoms with Crippen molar-refractivity contribution in [3.8, 4) is 0 Å². The fraction of sp³-hybridized carbons (Fsp3) is 1.00. The van der Waals surface area contributed by atoms with Gasteiger partial charge in [0, 0.05) is 25.7 Å². The lowest BCUT2D eigenvalue weighted by Gasteiger charge is -2.39. The predicted octanol–water partition coefficient (Wildman–Crippen LogP) is 1.09. The largest absolute Gasteiger partial charge is 0.373 e. The van der Waals surface area contributed by atoms with Crippen molar-refractivity contribution < 1.29 is 4.74 Å². The van der Waals surface area contributed by atoms with Gasteiger partial charge in [-0.2, -0.15) is 0 Å². The van der Waals surface area contributed by atoms with Crippen LogP contribution in [0.4, 0.5) is 0 Å². The Kier molecular flexibility index (Phi) is 4.85. The highest BCUT2D eigenvalue weighted by Gasteiger charge is 2.25. The van der Waals surface area contributed by atoms with Crippen molar-refractivity contribution in [3.05, 3.63) is 0 Å². The Morgan fingerprint density at radius 1 is 1.36 bits per heavy atom.